The fourth-order valence-corrected chi connectivity index (χ4v) is 1.86. The van der Waals surface area contributed by atoms with Crippen LogP contribution in [-0.2, 0) is 0 Å². The lowest BCUT2D eigenvalue weighted by Crippen LogP contribution is -2.38. The molecule has 0 radical (unpaired) electrons. The van der Waals surface area contributed by atoms with Gasteiger partial charge in [0.05, 0.1) is 6.04 Å². The Morgan fingerprint density at radius 2 is 2.54 bits per heavy atom. The summed E-state index contributed by atoms with van der Waals surface area (Å²) in [7, 11) is 0. The fraction of sp³-hybridized carbons (Fsp3) is 0.667. The van der Waals surface area contributed by atoms with Gasteiger partial charge in [-0.3, -0.25) is 4.79 Å². The van der Waals surface area contributed by atoms with Crippen molar-refractivity contribution in [3.05, 3.63) is 22.7 Å². The van der Waals surface area contributed by atoms with Crippen molar-refractivity contribution < 1.29 is 4.52 Å². The first kappa shape index (κ1) is 8.56. The lowest BCUT2D eigenvalue weighted by atomic mass is 10.0. The molecule has 1 aliphatic heterocycles. The van der Waals surface area contributed by atoms with Gasteiger partial charge < -0.3 is 9.84 Å². The minimum absolute atomic E-state index is 0.0286. The molecule has 2 heterocycles. The van der Waals surface area contributed by atoms with Crippen LogP contribution in [0.1, 0.15) is 25.8 Å². The zero-order valence-corrected chi connectivity index (χ0v) is 7.69. The van der Waals surface area contributed by atoms with Crippen molar-refractivity contribution in [1.82, 2.24) is 10.1 Å². The normalized spacial score (nSPS) is 29.0. The van der Waals surface area contributed by atoms with Crippen LogP contribution in [0.15, 0.2) is 21.6 Å². The molecule has 1 aromatic rings. The van der Waals surface area contributed by atoms with Gasteiger partial charge in [0.2, 0.25) is 0 Å². The minimum Gasteiger partial charge on any atom is -0.384 e. The second-order valence-corrected chi connectivity index (χ2v) is 3.61. The minimum atomic E-state index is -0.0286. The third-order valence-corrected chi connectivity index (χ3v) is 2.53. The first-order valence-electron chi connectivity index (χ1n) is 4.67. The van der Waals surface area contributed by atoms with Gasteiger partial charge in [0, 0.05) is 12.1 Å². The maximum Gasteiger partial charge on any atom is 0.282 e. The Bertz CT molecular complexity index is 328. The Morgan fingerprint density at radius 3 is 3.15 bits per heavy atom. The molecule has 4 heteroatoms. The molecule has 2 rings (SSSR count). The fourth-order valence-electron chi connectivity index (χ4n) is 1.86. The van der Waals surface area contributed by atoms with Gasteiger partial charge in [0.25, 0.3) is 5.56 Å². The molecular formula is C9H14N2O2. The summed E-state index contributed by atoms with van der Waals surface area (Å²) >= 11 is 0. The average molecular weight is 182 g/mol. The molecule has 2 atom stereocenters. The van der Waals surface area contributed by atoms with E-state index in [0.29, 0.717) is 6.04 Å². The topological polar surface area (TPSA) is 47.2 Å². The molecule has 1 aromatic heterocycles. The van der Waals surface area contributed by atoms with Gasteiger partial charge in [-0.05, 0) is 26.3 Å². The van der Waals surface area contributed by atoms with E-state index in [2.05, 4.69) is 12.2 Å². The van der Waals surface area contributed by atoms with Crippen molar-refractivity contribution in [2.24, 2.45) is 0 Å². The molecule has 1 N–H and O–H groups in total. The zero-order valence-electron chi connectivity index (χ0n) is 7.69. The Labute approximate surface area is 76.5 Å². The van der Waals surface area contributed by atoms with E-state index in [0.717, 1.165) is 19.4 Å². The summed E-state index contributed by atoms with van der Waals surface area (Å²) < 4.78 is 6.61. The molecule has 4 nitrogen and oxygen atoms in total. The van der Waals surface area contributed by atoms with Crippen LogP contribution in [0.3, 0.4) is 0 Å². The number of rotatable bonds is 1. The Kier molecular flexibility index (Phi) is 2.22. The number of nitrogens with zero attached hydrogens (tertiary/aromatic N) is 1. The molecular weight excluding hydrogens is 168 g/mol. The Hall–Kier alpha value is -1.03. The standard InChI is InChI=1S/C9H14N2O2/c1-7-6-8(2-4-10-7)11-9(12)3-5-13-11/h3,5,7-8,10H,2,4,6H2,1H3/t7-,8+/m0/s1. The molecule has 1 aliphatic rings. The molecule has 13 heavy (non-hydrogen) atoms. The highest BCUT2D eigenvalue weighted by atomic mass is 16.5. The van der Waals surface area contributed by atoms with E-state index in [-0.39, 0.29) is 11.6 Å². The first-order chi connectivity index (χ1) is 6.27. The number of hydrogen-bond donors (Lipinski definition) is 1. The largest absolute Gasteiger partial charge is 0.384 e. The van der Waals surface area contributed by atoms with Crippen LogP contribution in [0.2, 0.25) is 0 Å². The van der Waals surface area contributed by atoms with Crippen LogP contribution in [0.5, 0.6) is 0 Å². The predicted octanol–water partition coefficient (Wildman–Crippen LogP) is 0.754. The van der Waals surface area contributed by atoms with Crippen molar-refractivity contribution in [3.8, 4) is 0 Å². The molecule has 0 spiro atoms. The summed E-state index contributed by atoms with van der Waals surface area (Å²) in [5.41, 5.74) is -0.0286. The molecule has 0 amide bonds. The van der Waals surface area contributed by atoms with E-state index in [4.69, 9.17) is 4.52 Å². The van der Waals surface area contributed by atoms with Gasteiger partial charge in [-0.2, -0.15) is 4.74 Å². The van der Waals surface area contributed by atoms with E-state index in [1.807, 2.05) is 0 Å². The van der Waals surface area contributed by atoms with Crippen molar-refractivity contribution in [2.45, 2.75) is 31.8 Å². The van der Waals surface area contributed by atoms with Crippen LogP contribution in [0, 0.1) is 0 Å². The zero-order chi connectivity index (χ0) is 9.26. The van der Waals surface area contributed by atoms with Crippen molar-refractivity contribution in [1.29, 1.82) is 0 Å². The third kappa shape index (κ3) is 1.67. The summed E-state index contributed by atoms with van der Waals surface area (Å²) in [5.74, 6) is 0. The third-order valence-electron chi connectivity index (χ3n) is 2.53. The van der Waals surface area contributed by atoms with Crippen molar-refractivity contribution >= 4 is 0 Å². The van der Waals surface area contributed by atoms with Gasteiger partial charge in [0.15, 0.2) is 0 Å². The lowest BCUT2D eigenvalue weighted by Gasteiger charge is -2.27. The van der Waals surface area contributed by atoms with E-state index in [9.17, 15) is 4.79 Å². The average Bonchev–Trinajstić information content (AvgIpc) is 2.51. The number of nitrogens with one attached hydrogen (secondary N) is 1. The molecule has 0 aliphatic carbocycles. The molecule has 0 aromatic carbocycles. The maximum atomic E-state index is 11.3. The molecule has 72 valence electrons. The summed E-state index contributed by atoms with van der Waals surface area (Å²) in [5, 5.41) is 3.34. The lowest BCUT2D eigenvalue weighted by molar-refractivity contribution is 0.164. The number of piperidine rings is 1. The van der Waals surface area contributed by atoms with Crippen LogP contribution in [0.4, 0.5) is 0 Å². The summed E-state index contributed by atoms with van der Waals surface area (Å²) in [6.07, 6.45) is 3.39. The first-order valence-corrected chi connectivity index (χ1v) is 4.67. The molecule has 0 bridgehead atoms. The van der Waals surface area contributed by atoms with Crippen LogP contribution in [-0.4, -0.2) is 17.3 Å². The summed E-state index contributed by atoms with van der Waals surface area (Å²) in [6.45, 7) is 3.08. The van der Waals surface area contributed by atoms with E-state index in [1.54, 1.807) is 0 Å². The van der Waals surface area contributed by atoms with Gasteiger partial charge >= 0.3 is 0 Å². The highest BCUT2D eigenvalue weighted by Crippen LogP contribution is 2.19. The highest BCUT2D eigenvalue weighted by Gasteiger charge is 2.21. The second-order valence-electron chi connectivity index (χ2n) is 3.61. The second kappa shape index (κ2) is 3.38. The van der Waals surface area contributed by atoms with E-state index < -0.39 is 0 Å². The molecule has 0 saturated carbocycles. The van der Waals surface area contributed by atoms with E-state index >= 15 is 0 Å². The Balaban J connectivity index is 2.17. The monoisotopic (exact) mass is 182 g/mol. The number of hydrogen-bond acceptors (Lipinski definition) is 3. The quantitative estimate of drug-likeness (QED) is 0.697. The van der Waals surface area contributed by atoms with Crippen molar-refractivity contribution in [2.75, 3.05) is 6.54 Å². The maximum absolute atomic E-state index is 11.3. The van der Waals surface area contributed by atoms with Crippen LogP contribution < -0.4 is 10.9 Å². The van der Waals surface area contributed by atoms with Gasteiger partial charge in [-0.25, -0.2) is 0 Å². The predicted molar refractivity (Wildman–Crippen MR) is 48.7 cm³/mol. The van der Waals surface area contributed by atoms with Gasteiger partial charge in [-0.15, -0.1) is 0 Å². The molecule has 1 fully saturated rings. The van der Waals surface area contributed by atoms with Crippen LogP contribution in [0.25, 0.3) is 0 Å². The van der Waals surface area contributed by atoms with E-state index in [1.165, 1.54) is 17.1 Å². The summed E-state index contributed by atoms with van der Waals surface area (Å²) in [6, 6.07) is 2.17. The molecule has 1 saturated heterocycles. The number of aromatic nitrogens is 1. The van der Waals surface area contributed by atoms with Crippen molar-refractivity contribution in [3.63, 3.8) is 0 Å². The van der Waals surface area contributed by atoms with Crippen LogP contribution >= 0.6 is 0 Å². The van der Waals surface area contributed by atoms with Gasteiger partial charge in [-0.1, -0.05) is 0 Å². The van der Waals surface area contributed by atoms with Gasteiger partial charge in [0.1, 0.15) is 6.26 Å². The Morgan fingerprint density at radius 1 is 1.69 bits per heavy atom. The summed E-state index contributed by atoms with van der Waals surface area (Å²) in [4.78, 5) is 11.3. The smallest absolute Gasteiger partial charge is 0.282 e. The molecule has 0 unspecified atom stereocenters. The highest BCUT2D eigenvalue weighted by molar-refractivity contribution is 4.83. The SMILES string of the molecule is C[C@H]1C[C@H](n2occc2=O)CCN1.